The van der Waals surface area contributed by atoms with E-state index in [2.05, 4.69) is 4.98 Å². The smallest absolute Gasteiger partial charge is 0.208 e. The first-order chi connectivity index (χ1) is 7.75. The van der Waals surface area contributed by atoms with Crippen LogP contribution >= 0.6 is 0 Å². The molecule has 4 nitrogen and oxygen atoms in total. The maximum atomic E-state index is 11.2. The van der Waals surface area contributed by atoms with Crippen molar-refractivity contribution in [1.29, 1.82) is 0 Å². The highest BCUT2D eigenvalue weighted by molar-refractivity contribution is 5.36. The number of nitrogen functional groups attached to an aromatic ring is 1. The summed E-state index contributed by atoms with van der Waals surface area (Å²) in [6.07, 6.45) is 1.43. The molecule has 0 saturated heterocycles. The van der Waals surface area contributed by atoms with E-state index in [1.807, 2.05) is 30.3 Å². The molecule has 0 radical (unpaired) electrons. The molecule has 0 aliphatic carbocycles. The monoisotopic (exact) mass is 216 g/mol. The van der Waals surface area contributed by atoms with E-state index in [1.165, 1.54) is 12.3 Å². The van der Waals surface area contributed by atoms with Gasteiger partial charge in [-0.2, -0.15) is 0 Å². The summed E-state index contributed by atoms with van der Waals surface area (Å²) in [6, 6.07) is 11.1. The second-order valence-electron chi connectivity index (χ2n) is 3.39. The molecule has 0 aliphatic heterocycles. The molecule has 0 unspecified atom stereocenters. The molecule has 2 rings (SSSR count). The van der Waals surface area contributed by atoms with Gasteiger partial charge in [0.2, 0.25) is 5.43 Å². The number of nitrogens with one attached hydrogen (secondary N) is 1. The lowest BCUT2D eigenvalue weighted by Crippen LogP contribution is -2.08. The van der Waals surface area contributed by atoms with Crippen LogP contribution in [0.5, 0.6) is 5.88 Å². The van der Waals surface area contributed by atoms with Gasteiger partial charge in [0.05, 0.1) is 5.69 Å². The Hall–Kier alpha value is -2.23. The highest BCUT2D eigenvalue weighted by Crippen LogP contribution is 2.07. The first-order valence-corrected chi connectivity index (χ1v) is 4.90. The third-order valence-corrected chi connectivity index (χ3v) is 2.15. The van der Waals surface area contributed by atoms with Gasteiger partial charge in [-0.25, -0.2) is 0 Å². The highest BCUT2D eigenvalue weighted by atomic mass is 16.5. The number of nitrogens with two attached hydrogens (primary N) is 1. The standard InChI is InChI=1S/C12H12N2O2/c13-10-7-14-12(6-11(10)15)16-8-9-4-2-1-3-5-9/h1-7H,8,13H2,(H,14,15). The number of aromatic nitrogens is 1. The van der Waals surface area contributed by atoms with Gasteiger partial charge in [0, 0.05) is 12.3 Å². The molecule has 82 valence electrons. The van der Waals surface area contributed by atoms with Crippen LogP contribution in [-0.2, 0) is 6.61 Å². The Labute approximate surface area is 92.7 Å². The summed E-state index contributed by atoms with van der Waals surface area (Å²) in [4.78, 5) is 14.0. The van der Waals surface area contributed by atoms with Crippen LogP contribution in [-0.4, -0.2) is 4.98 Å². The van der Waals surface area contributed by atoms with E-state index >= 15 is 0 Å². The van der Waals surface area contributed by atoms with Crippen LogP contribution in [0.3, 0.4) is 0 Å². The molecule has 16 heavy (non-hydrogen) atoms. The van der Waals surface area contributed by atoms with Gasteiger partial charge < -0.3 is 15.5 Å². The van der Waals surface area contributed by atoms with E-state index in [9.17, 15) is 4.79 Å². The number of H-pyrrole nitrogens is 1. The third-order valence-electron chi connectivity index (χ3n) is 2.15. The Balaban J connectivity index is 2.05. The summed E-state index contributed by atoms with van der Waals surface area (Å²) in [5, 5.41) is 0. The fraction of sp³-hybridized carbons (Fsp3) is 0.0833. The summed E-state index contributed by atoms with van der Waals surface area (Å²) >= 11 is 0. The molecule has 0 fully saturated rings. The van der Waals surface area contributed by atoms with E-state index in [-0.39, 0.29) is 11.1 Å². The topological polar surface area (TPSA) is 68.1 Å². The van der Waals surface area contributed by atoms with E-state index in [0.717, 1.165) is 5.56 Å². The number of anilines is 1. The molecular weight excluding hydrogens is 204 g/mol. The minimum Gasteiger partial charge on any atom is -0.474 e. The van der Waals surface area contributed by atoms with Gasteiger partial charge in [-0.05, 0) is 5.56 Å². The summed E-state index contributed by atoms with van der Waals surface area (Å²) in [5.41, 5.74) is 6.39. The predicted octanol–water partition coefficient (Wildman–Crippen LogP) is 1.54. The molecule has 0 bridgehead atoms. The van der Waals surface area contributed by atoms with Crippen LogP contribution in [0.2, 0.25) is 0 Å². The zero-order valence-electron chi connectivity index (χ0n) is 8.64. The van der Waals surface area contributed by atoms with Crippen molar-refractivity contribution in [2.24, 2.45) is 0 Å². The summed E-state index contributed by atoms with van der Waals surface area (Å²) in [6.45, 7) is 0.417. The van der Waals surface area contributed by atoms with Gasteiger partial charge in [0.1, 0.15) is 6.61 Å². The number of benzene rings is 1. The first-order valence-electron chi connectivity index (χ1n) is 4.90. The van der Waals surface area contributed by atoms with Crippen molar-refractivity contribution >= 4 is 5.69 Å². The van der Waals surface area contributed by atoms with Crippen LogP contribution in [0.4, 0.5) is 5.69 Å². The van der Waals surface area contributed by atoms with Crippen molar-refractivity contribution < 1.29 is 4.74 Å². The van der Waals surface area contributed by atoms with Crippen molar-refractivity contribution in [1.82, 2.24) is 4.98 Å². The van der Waals surface area contributed by atoms with Crippen LogP contribution in [0.25, 0.3) is 0 Å². The van der Waals surface area contributed by atoms with Crippen LogP contribution in [0.1, 0.15) is 5.56 Å². The maximum Gasteiger partial charge on any atom is 0.208 e. The Morgan fingerprint density at radius 2 is 2.00 bits per heavy atom. The fourth-order valence-corrected chi connectivity index (χ4v) is 1.28. The van der Waals surface area contributed by atoms with E-state index in [0.29, 0.717) is 12.5 Å². The second kappa shape index (κ2) is 4.53. The quantitative estimate of drug-likeness (QED) is 0.817. The van der Waals surface area contributed by atoms with Crippen molar-refractivity contribution in [3.63, 3.8) is 0 Å². The van der Waals surface area contributed by atoms with Crippen LogP contribution in [0, 0.1) is 0 Å². The molecule has 0 aliphatic rings. The summed E-state index contributed by atoms with van der Waals surface area (Å²) in [7, 11) is 0. The molecule has 1 aromatic carbocycles. The normalized spacial score (nSPS) is 10.0. The zero-order valence-corrected chi connectivity index (χ0v) is 8.64. The SMILES string of the molecule is Nc1c[nH]c(OCc2ccccc2)cc1=O. The van der Waals surface area contributed by atoms with Crippen molar-refractivity contribution in [2.45, 2.75) is 6.61 Å². The first kappa shape index (κ1) is 10.3. The fourth-order valence-electron chi connectivity index (χ4n) is 1.28. The van der Waals surface area contributed by atoms with E-state index < -0.39 is 0 Å². The summed E-state index contributed by atoms with van der Waals surface area (Å²) in [5.74, 6) is 0.419. The van der Waals surface area contributed by atoms with Crippen molar-refractivity contribution in [3.05, 3.63) is 58.4 Å². The van der Waals surface area contributed by atoms with E-state index in [4.69, 9.17) is 10.5 Å². The molecule has 1 heterocycles. The summed E-state index contributed by atoms with van der Waals surface area (Å²) < 4.78 is 5.42. The molecule has 0 spiro atoms. The van der Waals surface area contributed by atoms with Gasteiger partial charge >= 0.3 is 0 Å². The van der Waals surface area contributed by atoms with Gasteiger partial charge in [0.15, 0.2) is 5.88 Å². The molecule has 0 saturated carbocycles. The van der Waals surface area contributed by atoms with Crippen molar-refractivity contribution in [3.8, 4) is 5.88 Å². The molecule has 2 aromatic rings. The minimum atomic E-state index is -0.234. The van der Waals surface area contributed by atoms with Gasteiger partial charge in [-0.3, -0.25) is 4.79 Å². The van der Waals surface area contributed by atoms with Crippen molar-refractivity contribution in [2.75, 3.05) is 5.73 Å². The lowest BCUT2D eigenvalue weighted by Gasteiger charge is -2.05. The Bertz CT molecular complexity index is 520. The lowest BCUT2D eigenvalue weighted by molar-refractivity contribution is 0.293. The molecule has 0 atom stereocenters. The Morgan fingerprint density at radius 1 is 1.25 bits per heavy atom. The largest absolute Gasteiger partial charge is 0.474 e. The predicted molar refractivity (Wildman–Crippen MR) is 62.2 cm³/mol. The number of ether oxygens (including phenoxy) is 1. The van der Waals surface area contributed by atoms with Gasteiger partial charge in [0.25, 0.3) is 0 Å². The molecule has 4 heteroatoms. The number of hydrogen-bond acceptors (Lipinski definition) is 3. The van der Waals surface area contributed by atoms with E-state index in [1.54, 1.807) is 0 Å². The third kappa shape index (κ3) is 2.42. The number of hydrogen-bond donors (Lipinski definition) is 2. The average Bonchev–Trinajstić information content (AvgIpc) is 2.32. The molecular formula is C12H12N2O2. The maximum absolute atomic E-state index is 11.2. The molecule has 0 amide bonds. The number of rotatable bonds is 3. The van der Waals surface area contributed by atoms with Gasteiger partial charge in [-0.1, -0.05) is 30.3 Å². The molecule has 1 aromatic heterocycles. The van der Waals surface area contributed by atoms with Crippen LogP contribution < -0.4 is 15.9 Å². The minimum absolute atomic E-state index is 0.187. The lowest BCUT2D eigenvalue weighted by atomic mass is 10.2. The van der Waals surface area contributed by atoms with Gasteiger partial charge in [-0.15, -0.1) is 0 Å². The number of aromatic amines is 1. The number of pyridine rings is 1. The second-order valence-corrected chi connectivity index (χ2v) is 3.39. The Kier molecular flexibility index (Phi) is 2.91. The zero-order chi connectivity index (χ0) is 11.4. The Morgan fingerprint density at radius 3 is 2.69 bits per heavy atom. The average molecular weight is 216 g/mol. The highest BCUT2D eigenvalue weighted by Gasteiger charge is 1.98. The van der Waals surface area contributed by atoms with Crippen LogP contribution in [0.15, 0.2) is 47.4 Å². The molecule has 3 N–H and O–H groups in total.